The predicted molar refractivity (Wildman–Crippen MR) is 74.2 cm³/mol. The van der Waals surface area contributed by atoms with Gasteiger partial charge in [-0.3, -0.25) is 4.79 Å². The van der Waals surface area contributed by atoms with Crippen LogP contribution < -0.4 is 0 Å². The second-order valence-electron chi connectivity index (χ2n) is 5.00. The van der Waals surface area contributed by atoms with Crippen molar-refractivity contribution in [2.75, 3.05) is 18.8 Å². The summed E-state index contributed by atoms with van der Waals surface area (Å²) in [7, 11) is 0. The number of rotatable bonds is 3. The molecule has 1 aliphatic carbocycles. The number of carbonyl (C=O) groups excluding carboxylic acids is 1. The van der Waals surface area contributed by atoms with Crippen molar-refractivity contribution in [2.45, 2.75) is 44.3 Å². The van der Waals surface area contributed by atoms with E-state index in [1.54, 1.807) is 0 Å². The molecular weight excluding hydrogens is 230 g/mol. The molecule has 1 fully saturated rings. The molecule has 3 heteroatoms. The van der Waals surface area contributed by atoms with Crippen molar-refractivity contribution in [3.63, 3.8) is 0 Å². The lowest BCUT2D eigenvalue weighted by Gasteiger charge is -2.26. The number of likely N-dealkylation sites (tertiary alicyclic amines) is 1. The molecule has 0 aromatic rings. The molecule has 1 unspecified atom stereocenters. The summed E-state index contributed by atoms with van der Waals surface area (Å²) < 4.78 is 0. The lowest BCUT2D eigenvalue weighted by Crippen LogP contribution is -2.39. The van der Waals surface area contributed by atoms with Gasteiger partial charge in [-0.05, 0) is 31.4 Å². The second kappa shape index (κ2) is 6.48. The van der Waals surface area contributed by atoms with Gasteiger partial charge in [-0.25, -0.2) is 0 Å². The molecule has 1 heterocycles. The van der Waals surface area contributed by atoms with E-state index in [9.17, 15) is 4.79 Å². The average Bonchev–Trinajstić information content (AvgIpc) is 2.76. The van der Waals surface area contributed by atoms with Crippen LogP contribution in [0.15, 0.2) is 12.2 Å². The maximum absolute atomic E-state index is 12.4. The molecule has 1 aliphatic heterocycles. The van der Waals surface area contributed by atoms with Gasteiger partial charge >= 0.3 is 0 Å². The number of thioether (sulfide) groups is 1. The Morgan fingerprint density at radius 2 is 2.12 bits per heavy atom. The number of hydrogen-bond acceptors (Lipinski definition) is 2. The Bertz CT molecular complexity index is 282. The summed E-state index contributed by atoms with van der Waals surface area (Å²) in [6.45, 7) is 4.17. The lowest BCUT2D eigenvalue weighted by atomic mass is 10.1. The van der Waals surface area contributed by atoms with Crippen LogP contribution in [0.4, 0.5) is 0 Å². The first-order valence-corrected chi connectivity index (χ1v) is 7.91. The zero-order valence-corrected chi connectivity index (χ0v) is 11.5. The average molecular weight is 253 g/mol. The van der Waals surface area contributed by atoms with E-state index >= 15 is 0 Å². The molecule has 96 valence electrons. The summed E-state index contributed by atoms with van der Waals surface area (Å²) in [5, 5.41) is 0.667. The van der Waals surface area contributed by atoms with Crippen molar-refractivity contribution in [1.82, 2.24) is 4.90 Å². The summed E-state index contributed by atoms with van der Waals surface area (Å²) in [6.07, 6.45) is 9.97. The van der Waals surface area contributed by atoms with Crippen molar-refractivity contribution in [3.05, 3.63) is 12.2 Å². The van der Waals surface area contributed by atoms with Crippen molar-refractivity contribution < 1.29 is 4.79 Å². The van der Waals surface area contributed by atoms with E-state index in [2.05, 4.69) is 24.0 Å². The molecule has 0 saturated carbocycles. The first kappa shape index (κ1) is 13.0. The smallest absolute Gasteiger partial charge is 0.226 e. The Balaban J connectivity index is 1.91. The summed E-state index contributed by atoms with van der Waals surface area (Å²) in [5.41, 5.74) is 0. The van der Waals surface area contributed by atoms with Gasteiger partial charge in [-0.2, -0.15) is 11.8 Å². The number of carbonyl (C=O) groups is 1. The molecule has 0 radical (unpaired) electrons. The minimum absolute atomic E-state index is 0.250. The van der Waals surface area contributed by atoms with Crippen LogP contribution in [0.1, 0.15) is 39.0 Å². The molecular formula is C14H23NOS. The summed E-state index contributed by atoms with van der Waals surface area (Å²) in [6, 6.07) is 0. The number of amides is 1. The summed E-state index contributed by atoms with van der Waals surface area (Å²) in [4.78, 5) is 14.5. The Morgan fingerprint density at radius 1 is 1.35 bits per heavy atom. The van der Waals surface area contributed by atoms with E-state index in [1.165, 1.54) is 19.3 Å². The maximum atomic E-state index is 12.4. The van der Waals surface area contributed by atoms with E-state index in [0.717, 1.165) is 31.7 Å². The van der Waals surface area contributed by atoms with Gasteiger partial charge in [-0.1, -0.05) is 25.5 Å². The van der Waals surface area contributed by atoms with Crippen molar-refractivity contribution in [2.24, 2.45) is 5.92 Å². The molecule has 1 atom stereocenters. The summed E-state index contributed by atoms with van der Waals surface area (Å²) in [5.74, 6) is 1.82. The van der Waals surface area contributed by atoms with Gasteiger partial charge in [0.25, 0.3) is 0 Å². The summed E-state index contributed by atoms with van der Waals surface area (Å²) >= 11 is 2.02. The van der Waals surface area contributed by atoms with Gasteiger partial charge < -0.3 is 4.90 Å². The van der Waals surface area contributed by atoms with Gasteiger partial charge in [0.2, 0.25) is 5.91 Å². The Morgan fingerprint density at radius 3 is 2.82 bits per heavy atom. The Labute approximate surface area is 109 Å². The Hall–Kier alpha value is -0.440. The molecule has 17 heavy (non-hydrogen) atoms. The van der Waals surface area contributed by atoms with Gasteiger partial charge in [-0.15, -0.1) is 0 Å². The van der Waals surface area contributed by atoms with Crippen LogP contribution in [0, 0.1) is 5.92 Å². The van der Waals surface area contributed by atoms with Crippen molar-refractivity contribution in [1.29, 1.82) is 0 Å². The van der Waals surface area contributed by atoms with Gasteiger partial charge in [0.1, 0.15) is 0 Å². The molecule has 2 nitrogen and oxygen atoms in total. The van der Waals surface area contributed by atoms with Crippen LogP contribution in [-0.4, -0.2) is 34.9 Å². The zero-order chi connectivity index (χ0) is 12.1. The fraction of sp³-hybridized carbons (Fsp3) is 0.786. The number of hydrogen-bond donors (Lipinski definition) is 0. The highest BCUT2D eigenvalue weighted by molar-refractivity contribution is 7.99. The Kier molecular flexibility index (Phi) is 4.96. The van der Waals surface area contributed by atoms with Crippen LogP contribution >= 0.6 is 11.8 Å². The van der Waals surface area contributed by atoms with Gasteiger partial charge in [0, 0.05) is 24.3 Å². The number of allylic oxidation sites excluding steroid dienone is 2. The molecule has 1 saturated heterocycles. The molecule has 0 aromatic heterocycles. The first-order valence-electron chi connectivity index (χ1n) is 6.86. The predicted octanol–water partition coefficient (Wildman–Crippen LogP) is 3.09. The van der Waals surface area contributed by atoms with E-state index < -0.39 is 0 Å². The molecule has 2 rings (SSSR count). The quantitative estimate of drug-likeness (QED) is 0.720. The third kappa shape index (κ3) is 3.51. The van der Waals surface area contributed by atoms with Crippen LogP contribution in [0.3, 0.4) is 0 Å². The molecule has 0 N–H and O–H groups in total. The molecule has 0 bridgehead atoms. The van der Waals surface area contributed by atoms with Gasteiger partial charge in [0.05, 0.1) is 0 Å². The largest absolute Gasteiger partial charge is 0.341 e. The normalized spacial score (nSPS) is 26.2. The van der Waals surface area contributed by atoms with E-state index in [-0.39, 0.29) is 5.92 Å². The topological polar surface area (TPSA) is 20.3 Å². The van der Waals surface area contributed by atoms with E-state index in [4.69, 9.17) is 0 Å². The molecule has 1 amide bonds. The fourth-order valence-corrected chi connectivity index (χ4v) is 3.84. The highest BCUT2D eigenvalue weighted by Gasteiger charge is 2.27. The monoisotopic (exact) mass is 253 g/mol. The van der Waals surface area contributed by atoms with E-state index in [0.29, 0.717) is 11.2 Å². The van der Waals surface area contributed by atoms with E-state index in [1.807, 2.05) is 11.8 Å². The van der Waals surface area contributed by atoms with Gasteiger partial charge in [0.15, 0.2) is 0 Å². The first-order chi connectivity index (χ1) is 8.31. The van der Waals surface area contributed by atoms with Crippen molar-refractivity contribution >= 4 is 17.7 Å². The van der Waals surface area contributed by atoms with Crippen LogP contribution in [-0.2, 0) is 4.79 Å². The van der Waals surface area contributed by atoms with Crippen LogP contribution in [0.5, 0.6) is 0 Å². The maximum Gasteiger partial charge on any atom is 0.226 e. The lowest BCUT2D eigenvalue weighted by molar-refractivity contribution is -0.135. The SMILES string of the molecule is CCSC1CCCCN(C(=O)C2CC=CC2)C1. The molecule has 0 aromatic carbocycles. The molecule has 2 aliphatic rings. The van der Waals surface area contributed by atoms with Crippen LogP contribution in [0.25, 0.3) is 0 Å². The third-order valence-electron chi connectivity index (χ3n) is 3.70. The zero-order valence-electron chi connectivity index (χ0n) is 10.7. The standard InChI is InChI=1S/C14H23NOS/c1-2-17-13-9-5-6-10-15(11-13)14(16)12-7-3-4-8-12/h3-4,12-13H,2,5-11H2,1H3. The molecule has 0 spiro atoms. The highest BCUT2D eigenvalue weighted by atomic mass is 32.2. The minimum Gasteiger partial charge on any atom is -0.341 e. The second-order valence-corrected chi connectivity index (χ2v) is 6.57. The third-order valence-corrected chi connectivity index (χ3v) is 4.89. The fourth-order valence-electron chi connectivity index (χ4n) is 2.75. The number of nitrogens with zero attached hydrogens (tertiary/aromatic N) is 1. The van der Waals surface area contributed by atoms with Crippen LogP contribution in [0.2, 0.25) is 0 Å². The minimum atomic E-state index is 0.250. The van der Waals surface area contributed by atoms with Crippen molar-refractivity contribution in [3.8, 4) is 0 Å². The highest BCUT2D eigenvalue weighted by Crippen LogP contribution is 2.26.